The van der Waals surface area contributed by atoms with Crippen LogP contribution in [0.1, 0.15) is 16.5 Å². The minimum absolute atomic E-state index is 0.242. The van der Waals surface area contributed by atoms with E-state index in [4.69, 9.17) is 26.8 Å². The second-order valence-electron chi connectivity index (χ2n) is 3.86. The highest BCUT2D eigenvalue weighted by molar-refractivity contribution is 9.11. The molecule has 19 heavy (non-hydrogen) atoms. The highest BCUT2D eigenvalue weighted by Gasteiger charge is 2.16. The van der Waals surface area contributed by atoms with Crippen molar-refractivity contribution in [1.82, 2.24) is 0 Å². The lowest BCUT2D eigenvalue weighted by Crippen LogP contribution is -2.10. The minimum atomic E-state index is -0.242. The van der Waals surface area contributed by atoms with Crippen molar-refractivity contribution >= 4 is 38.9 Å². The number of methoxy groups -OCH3 is 2. The zero-order valence-corrected chi connectivity index (χ0v) is 13.6. The Morgan fingerprint density at radius 3 is 2.42 bits per heavy atom. The molecular weight excluding hydrogens is 350 g/mol. The van der Waals surface area contributed by atoms with Crippen LogP contribution in [-0.4, -0.2) is 14.2 Å². The molecule has 1 aromatic heterocycles. The summed E-state index contributed by atoms with van der Waals surface area (Å²) < 4.78 is 11.4. The first kappa shape index (κ1) is 14.7. The smallest absolute Gasteiger partial charge is 0.161 e. The largest absolute Gasteiger partial charge is 0.493 e. The van der Waals surface area contributed by atoms with E-state index in [1.807, 2.05) is 24.3 Å². The Hall–Kier alpha value is -0.750. The predicted molar refractivity (Wildman–Crippen MR) is 82.6 cm³/mol. The molecule has 1 unspecified atom stereocenters. The third-order valence-corrected chi connectivity index (χ3v) is 5.30. The summed E-state index contributed by atoms with van der Waals surface area (Å²) in [6.07, 6.45) is 0. The lowest BCUT2D eigenvalue weighted by atomic mass is 10.1. The van der Waals surface area contributed by atoms with Gasteiger partial charge >= 0.3 is 0 Å². The summed E-state index contributed by atoms with van der Waals surface area (Å²) in [6.45, 7) is 0. The highest BCUT2D eigenvalue weighted by Crippen LogP contribution is 2.38. The van der Waals surface area contributed by atoms with Gasteiger partial charge < -0.3 is 15.2 Å². The van der Waals surface area contributed by atoms with Crippen LogP contribution >= 0.6 is 38.9 Å². The number of thiophene rings is 1. The number of benzene rings is 1. The van der Waals surface area contributed by atoms with Gasteiger partial charge in [-0.25, -0.2) is 0 Å². The van der Waals surface area contributed by atoms with Gasteiger partial charge in [-0.2, -0.15) is 0 Å². The Kier molecular flexibility index (Phi) is 4.73. The van der Waals surface area contributed by atoms with Crippen LogP contribution in [0.5, 0.6) is 11.5 Å². The maximum atomic E-state index is 6.25. The highest BCUT2D eigenvalue weighted by atomic mass is 79.9. The molecule has 0 spiro atoms. The summed E-state index contributed by atoms with van der Waals surface area (Å²) in [7, 11) is 3.21. The Morgan fingerprint density at radius 2 is 1.89 bits per heavy atom. The first-order chi connectivity index (χ1) is 9.06. The molecule has 3 nitrogen and oxygen atoms in total. The average molecular weight is 363 g/mol. The predicted octanol–water partition coefficient (Wildman–Crippen LogP) is 4.23. The molecule has 1 heterocycles. The minimum Gasteiger partial charge on any atom is -0.493 e. The monoisotopic (exact) mass is 361 g/mol. The lowest BCUT2D eigenvalue weighted by molar-refractivity contribution is 0.354. The first-order valence-electron chi connectivity index (χ1n) is 5.49. The molecule has 6 heteroatoms. The standard InChI is InChI=1S/C13H13BrClNO2S/c1-17-9-4-3-7(5-10(9)18-2)12(16)11-6-8(15)13(14)19-11/h3-6,12H,16H2,1-2H3. The van der Waals surface area contributed by atoms with Crippen LogP contribution in [-0.2, 0) is 0 Å². The van der Waals surface area contributed by atoms with Gasteiger partial charge in [0.25, 0.3) is 0 Å². The van der Waals surface area contributed by atoms with Gasteiger partial charge in [0.2, 0.25) is 0 Å². The SMILES string of the molecule is COc1ccc(C(N)c2cc(Cl)c(Br)s2)cc1OC. The van der Waals surface area contributed by atoms with Gasteiger partial charge in [-0.1, -0.05) is 17.7 Å². The Bertz CT molecular complexity index is 569. The number of rotatable bonds is 4. The first-order valence-corrected chi connectivity index (χ1v) is 7.47. The zero-order chi connectivity index (χ0) is 14.0. The fourth-order valence-corrected chi connectivity index (χ4v) is 3.50. The number of ether oxygens (including phenoxy) is 2. The van der Waals surface area contributed by atoms with Crippen molar-refractivity contribution in [3.05, 3.63) is 43.5 Å². The van der Waals surface area contributed by atoms with E-state index in [2.05, 4.69) is 15.9 Å². The van der Waals surface area contributed by atoms with E-state index >= 15 is 0 Å². The summed E-state index contributed by atoms with van der Waals surface area (Å²) in [5.41, 5.74) is 7.20. The number of hydrogen-bond acceptors (Lipinski definition) is 4. The second kappa shape index (κ2) is 6.13. The maximum absolute atomic E-state index is 6.25. The van der Waals surface area contributed by atoms with Gasteiger partial charge in [0, 0.05) is 4.88 Å². The molecule has 0 saturated carbocycles. The zero-order valence-electron chi connectivity index (χ0n) is 10.4. The van der Waals surface area contributed by atoms with Crippen molar-refractivity contribution in [2.24, 2.45) is 5.73 Å². The van der Waals surface area contributed by atoms with Crippen LogP contribution in [0.25, 0.3) is 0 Å². The molecule has 2 aromatic rings. The van der Waals surface area contributed by atoms with E-state index in [-0.39, 0.29) is 6.04 Å². The summed E-state index contributed by atoms with van der Waals surface area (Å²) in [5, 5.41) is 0.677. The van der Waals surface area contributed by atoms with Crippen LogP contribution in [0.2, 0.25) is 5.02 Å². The quantitative estimate of drug-likeness (QED) is 0.885. The molecule has 1 atom stereocenters. The normalized spacial score (nSPS) is 12.3. The lowest BCUT2D eigenvalue weighted by Gasteiger charge is -2.13. The van der Waals surface area contributed by atoms with Gasteiger partial charge in [-0.15, -0.1) is 11.3 Å². The molecule has 0 aliphatic heterocycles. The van der Waals surface area contributed by atoms with Crippen LogP contribution in [0.15, 0.2) is 28.1 Å². The molecule has 0 saturated heterocycles. The van der Waals surface area contributed by atoms with E-state index < -0.39 is 0 Å². The molecule has 0 radical (unpaired) electrons. The Morgan fingerprint density at radius 1 is 1.21 bits per heavy atom. The van der Waals surface area contributed by atoms with E-state index in [9.17, 15) is 0 Å². The van der Waals surface area contributed by atoms with Crippen molar-refractivity contribution in [3.63, 3.8) is 0 Å². The van der Waals surface area contributed by atoms with E-state index in [0.29, 0.717) is 16.5 Å². The van der Waals surface area contributed by atoms with Crippen LogP contribution in [0, 0.1) is 0 Å². The number of nitrogens with two attached hydrogens (primary N) is 1. The number of halogens is 2. The van der Waals surface area contributed by atoms with Crippen molar-refractivity contribution in [2.75, 3.05) is 14.2 Å². The summed E-state index contributed by atoms with van der Waals surface area (Å²) in [6, 6.07) is 7.28. The summed E-state index contributed by atoms with van der Waals surface area (Å²) in [4.78, 5) is 0.990. The molecule has 2 rings (SSSR count). The van der Waals surface area contributed by atoms with Crippen LogP contribution in [0.3, 0.4) is 0 Å². The van der Waals surface area contributed by atoms with Crippen molar-refractivity contribution in [1.29, 1.82) is 0 Å². The van der Waals surface area contributed by atoms with E-state index in [1.165, 1.54) is 11.3 Å². The van der Waals surface area contributed by atoms with Gasteiger partial charge in [0.1, 0.15) is 0 Å². The molecule has 0 amide bonds. The van der Waals surface area contributed by atoms with E-state index in [0.717, 1.165) is 14.2 Å². The molecule has 0 bridgehead atoms. The van der Waals surface area contributed by atoms with Crippen molar-refractivity contribution < 1.29 is 9.47 Å². The van der Waals surface area contributed by atoms with Crippen molar-refractivity contribution in [3.8, 4) is 11.5 Å². The topological polar surface area (TPSA) is 44.5 Å². The van der Waals surface area contributed by atoms with Gasteiger partial charge in [0.15, 0.2) is 11.5 Å². The van der Waals surface area contributed by atoms with Gasteiger partial charge in [-0.05, 0) is 39.7 Å². The second-order valence-corrected chi connectivity index (χ2v) is 6.67. The van der Waals surface area contributed by atoms with Crippen molar-refractivity contribution in [2.45, 2.75) is 6.04 Å². The molecule has 102 valence electrons. The maximum Gasteiger partial charge on any atom is 0.161 e. The Balaban J connectivity index is 2.35. The average Bonchev–Trinajstić information content (AvgIpc) is 2.77. The van der Waals surface area contributed by atoms with Crippen LogP contribution < -0.4 is 15.2 Å². The van der Waals surface area contributed by atoms with E-state index in [1.54, 1.807) is 14.2 Å². The Labute approximate surface area is 129 Å². The summed E-state index contributed by atoms with van der Waals surface area (Å²) >= 11 is 11.0. The summed E-state index contributed by atoms with van der Waals surface area (Å²) in [5.74, 6) is 1.35. The number of hydrogen-bond donors (Lipinski definition) is 1. The van der Waals surface area contributed by atoms with Gasteiger partial charge in [0.05, 0.1) is 29.1 Å². The molecule has 0 aliphatic carbocycles. The third-order valence-electron chi connectivity index (χ3n) is 2.74. The molecule has 0 fully saturated rings. The van der Waals surface area contributed by atoms with Crippen LogP contribution in [0.4, 0.5) is 0 Å². The third kappa shape index (κ3) is 3.05. The fourth-order valence-electron chi connectivity index (χ4n) is 1.73. The fraction of sp³-hybridized carbons (Fsp3) is 0.231. The molecule has 2 N–H and O–H groups in total. The molecule has 0 aliphatic rings. The molecular formula is C13H13BrClNO2S. The van der Waals surface area contributed by atoms with Gasteiger partial charge in [-0.3, -0.25) is 0 Å². The molecule has 1 aromatic carbocycles.